The number of carbonyl (C=O) groups excluding carboxylic acids is 1. The summed E-state index contributed by atoms with van der Waals surface area (Å²) in [7, 11) is 0. The molecule has 0 N–H and O–H groups in total. The van der Waals surface area contributed by atoms with E-state index in [-0.39, 0.29) is 5.69 Å². The maximum Gasteiger partial charge on any atom is 0.369 e. The molecule has 8 nitrogen and oxygen atoms in total. The maximum atomic E-state index is 11.9. The zero-order valence-corrected chi connectivity index (χ0v) is 11.6. The normalized spacial score (nSPS) is 20.0. The molecule has 2 aliphatic rings. The highest BCUT2D eigenvalue weighted by Gasteiger charge is 2.28. The van der Waals surface area contributed by atoms with E-state index < -0.39 is 10.9 Å². The van der Waals surface area contributed by atoms with Crippen LogP contribution in [0.2, 0.25) is 0 Å². The minimum Gasteiger partial charge on any atom is -0.378 e. The molecule has 0 aromatic heterocycles. The van der Waals surface area contributed by atoms with Crippen molar-refractivity contribution in [1.82, 2.24) is 4.90 Å². The number of benzene rings is 1. The van der Waals surface area contributed by atoms with Crippen molar-refractivity contribution in [1.29, 1.82) is 0 Å². The van der Waals surface area contributed by atoms with E-state index in [1.54, 1.807) is 18.3 Å². The van der Waals surface area contributed by atoms with Crippen molar-refractivity contribution in [2.75, 3.05) is 26.3 Å². The van der Waals surface area contributed by atoms with Crippen LogP contribution in [0.1, 0.15) is 5.56 Å². The van der Waals surface area contributed by atoms with E-state index in [0.29, 0.717) is 43.2 Å². The molecule has 0 saturated carbocycles. The lowest BCUT2D eigenvalue weighted by Gasteiger charge is -2.25. The summed E-state index contributed by atoms with van der Waals surface area (Å²) in [5, 5.41) is 14.6. The molecule has 2 aliphatic heterocycles. The predicted octanol–water partition coefficient (Wildman–Crippen LogP) is 1.07. The molecule has 22 heavy (non-hydrogen) atoms. The topological polar surface area (TPSA) is 94.3 Å². The van der Waals surface area contributed by atoms with Crippen molar-refractivity contribution in [2.45, 2.75) is 0 Å². The highest BCUT2D eigenvalue weighted by atomic mass is 16.7. The first-order valence-electron chi connectivity index (χ1n) is 6.73. The van der Waals surface area contributed by atoms with E-state index in [2.05, 4.69) is 5.16 Å². The van der Waals surface area contributed by atoms with E-state index in [0.717, 1.165) is 0 Å². The van der Waals surface area contributed by atoms with Gasteiger partial charge in [0.2, 0.25) is 0 Å². The van der Waals surface area contributed by atoms with Gasteiger partial charge in [-0.1, -0.05) is 17.3 Å². The van der Waals surface area contributed by atoms with Gasteiger partial charge in [-0.3, -0.25) is 10.1 Å². The number of nitro benzene ring substituents is 1. The van der Waals surface area contributed by atoms with Gasteiger partial charge in [0.15, 0.2) is 0 Å². The molecule has 0 atom stereocenters. The lowest BCUT2D eigenvalue weighted by molar-refractivity contribution is -0.384. The largest absolute Gasteiger partial charge is 0.378 e. The Morgan fingerprint density at radius 1 is 1.32 bits per heavy atom. The third-order valence-corrected chi connectivity index (χ3v) is 3.38. The SMILES string of the molecule is O=C1ON=C(c2cccc([N+](=O)[O-])c2)C1=CN1CCOCC1. The lowest BCUT2D eigenvalue weighted by Crippen LogP contribution is -2.33. The summed E-state index contributed by atoms with van der Waals surface area (Å²) >= 11 is 0. The standard InChI is InChI=1S/C14H13N3O5/c18-14-12(9-16-4-6-21-7-5-16)13(15-22-14)10-2-1-3-11(8-10)17(19)20/h1-3,8-9H,4-7H2. The zero-order valence-electron chi connectivity index (χ0n) is 11.6. The van der Waals surface area contributed by atoms with Gasteiger partial charge in [0.25, 0.3) is 5.69 Å². The number of non-ortho nitro benzene ring substituents is 1. The summed E-state index contributed by atoms with van der Waals surface area (Å²) in [5.41, 5.74) is 1.01. The molecule has 1 aromatic carbocycles. The summed E-state index contributed by atoms with van der Waals surface area (Å²) in [6, 6.07) is 5.95. The summed E-state index contributed by atoms with van der Waals surface area (Å²) in [5.74, 6) is -0.562. The quantitative estimate of drug-likeness (QED) is 0.359. The third-order valence-electron chi connectivity index (χ3n) is 3.38. The molecule has 8 heteroatoms. The molecule has 0 radical (unpaired) electrons. The molecule has 0 amide bonds. The first-order valence-corrected chi connectivity index (χ1v) is 6.73. The Morgan fingerprint density at radius 3 is 2.82 bits per heavy atom. The van der Waals surface area contributed by atoms with E-state index in [1.165, 1.54) is 12.1 Å². The summed E-state index contributed by atoms with van der Waals surface area (Å²) in [6.07, 6.45) is 1.68. The number of hydrogen-bond acceptors (Lipinski definition) is 7. The van der Waals surface area contributed by atoms with Crippen LogP contribution in [-0.2, 0) is 14.4 Å². The monoisotopic (exact) mass is 303 g/mol. The summed E-state index contributed by atoms with van der Waals surface area (Å²) in [6.45, 7) is 2.50. The smallest absolute Gasteiger partial charge is 0.369 e. The third kappa shape index (κ3) is 2.82. The van der Waals surface area contributed by atoms with Gasteiger partial charge in [-0.25, -0.2) is 4.79 Å². The molecule has 0 spiro atoms. The number of rotatable bonds is 3. The number of nitro groups is 1. The lowest BCUT2D eigenvalue weighted by atomic mass is 10.0. The average Bonchev–Trinajstić information content (AvgIpc) is 2.89. The zero-order chi connectivity index (χ0) is 15.5. The van der Waals surface area contributed by atoms with Crippen molar-refractivity contribution in [3.8, 4) is 0 Å². The highest BCUT2D eigenvalue weighted by Crippen LogP contribution is 2.22. The van der Waals surface area contributed by atoms with Crippen LogP contribution in [0.25, 0.3) is 0 Å². The number of carbonyl (C=O) groups is 1. The van der Waals surface area contributed by atoms with Crippen molar-refractivity contribution in [3.05, 3.63) is 51.7 Å². The van der Waals surface area contributed by atoms with Gasteiger partial charge >= 0.3 is 5.97 Å². The molecule has 1 aromatic rings. The molecule has 0 aliphatic carbocycles. The van der Waals surface area contributed by atoms with Gasteiger partial charge in [0.1, 0.15) is 11.3 Å². The fourth-order valence-electron chi connectivity index (χ4n) is 2.26. The Balaban J connectivity index is 1.91. The second-order valence-electron chi connectivity index (χ2n) is 4.82. The number of ether oxygens (including phenoxy) is 1. The Bertz CT molecular complexity index is 677. The minimum atomic E-state index is -0.562. The van der Waals surface area contributed by atoms with Gasteiger partial charge in [-0.15, -0.1) is 0 Å². The Hall–Kier alpha value is -2.74. The molecule has 1 fully saturated rings. The van der Waals surface area contributed by atoms with Crippen LogP contribution in [0, 0.1) is 10.1 Å². The highest BCUT2D eigenvalue weighted by molar-refractivity contribution is 6.28. The van der Waals surface area contributed by atoms with Crippen LogP contribution in [-0.4, -0.2) is 47.8 Å². The fraction of sp³-hybridized carbons (Fsp3) is 0.286. The van der Waals surface area contributed by atoms with Gasteiger partial charge in [0, 0.05) is 37.0 Å². The molecule has 0 unspecified atom stereocenters. The van der Waals surface area contributed by atoms with Crippen molar-refractivity contribution in [2.24, 2.45) is 5.16 Å². The molecule has 2 heterocycles. The first-order chi connectivity index (χ1) is 10.6. The van der Waals surface area contributed by atoms with Crippen LogP contribution < -0.4 is 0 Å². The second kappa shape index (κ2) is 5.94. The predicted molar refractivity (Wildman–Crippen MR) is 76.2 cm³/mol. The van der Waals surface area contributed by atoms with Crippen LogP contribution >= 0.6 is 0 Å². The number of nitrogens with zero attached hydrogens (tertiary/aromatic N) is 3. The molecule has 114 valence electrons. The molecule has 3 rings (SSSR count). The van der Waals surface area contributed by atoms with Crippen molar-refractivity contribution in [3.63, 3.8) is 0 Å². The van der Waals surface area contributed by atoms with Gasteiger partial charge in [-0.05, 0) is 0 Å². The second-order valence-corrected chi connectivity index (χ2v) is 4.82. The van der Waals surface area contributed by atoms with Crippen molar-refractivity contribution >= 4 is 17.4 Å². The van der Waals surface area contributed by atoms with Crippen LogP contribution in [0.15, 0.2) is 41.2 Å². The van der Waals surface area contributed by atoms with Gasteiger partial charge < -0.3 is 14.5 Å². The summed E-state index contributed by atoms with van der Waals surface area (Å²) in [4.78, 5) is 28.9. The summed E-state index contributed by atoms with van der Waals surface area (Å²) < 4.78 is 5.25. The van der Waals surface area contributed by atoms with E-state index in [1.807, 2.05) is 4.90 Å². The van der Waals surface area contributed by atoms with E-state index in [9.17, 15) is 14.9 Å². The Morgan fingerprint density at radius 2 is 2.09 bits per heavy atom. The molecular weight excluding hydrogens is 290 g/mol. The molecule has 0 bridgehead atoms. The molecule has 1 saturated heterocycles. The first kappa shape index (κ1) is 14.2. The number of oxime groups is 1. The van der Waals surface area contributed by atoms with Crippen LogP contribution in [0.4, 0.5) is 5.69 Å². The number of morpholine rings is 1. The Labute approximate surface area is 125 Å². The van der Waals surface area contributed by atoms with Crippen molar-refractivity contribution < 1.29 is 19.3 Å². The van der Waals surface area contributed by atoms with E-state index >= 15 is 0 Å². The average molecular weight is 303 g/mol. The maximum absolute atomic E-state index is 11.9. The molecular formula is C14H13N3O5. The Kier molecular flexibility index (Phi) is 3.84. The fourth-order valence-corrected chi connectivity index (χ4v) is 2.26. The number of hydrogen-bond donors (Lipinski definition) is 0. The van der Waals surface area contributed by atoms with Crippen LogP contribution in [0.3, 0.4) is 0 Å². The van der Waals surface area contributed by atoms with Gasteiger partial charge in [-0.2, -0.15) is 0 Å². The van der Waals surface area contributed by atoms with Gasteiger partial charge in [0.05, 0.1) is 18.1 Å². The van der Waals surface area contributed by atoms with E-state index in [4.69, 9.17) is 9.57 Å². The van der Waals surface area contributed by atoms with Crippen LogP contribution in [0.5, 0.6) is 0 Å². The minimum absolute atomic E-state index is 0.0646.